The molecule has 1 saturated carbocycles. The van der Waals surface area contributed by atoms with Crippen LogP contribution < -0.4 is 16.0 Å². The van der Waals surface area contributed by atoms with Gasteiger partial charge in [0.2, 0.25) is 5.91 Å². The molecule has 0 spiro atoms. The van der Waals surface area contributed by atoms with Gasteiger partial charge in [-0.2, -0.15) is 0 Å². The van der Waals surface area contributed by atoms with Crippen molar-refractivity contribution < 1.29 is 19.1 Å². The van der Waals surface area contributed by atoms with E-state index in [0.717, 1.165) is 25.7 Å². The highest BCUT2D eigenvalue weighted by molar-refractivity contribution is 6.04. The predicted molar refractivity (Wildman–Crippen MR) is 111 cm³/mol. The third-order valence-electron chi connectivity index (χ3n) is 4.90. The Kier molecular flexibility index (Phi) is 6.84. The summed E-state index contributed by atoms with van der Waals surface area (Å²) in [5, 5.41) is 8.82. The van der Waals surface area contributed by atoms with Gasteiger partial charge in [-0.15, -0.1) is 0 Å². The van der Waals surface area contributed by atoms with Crippen LogP contribution in [0.2, 0.25) is 0 Å². The molecule has 0 atom stereocenters. The molecular weight excluding hydrogens is 370 g/mol. The summed E-state index contributed by atoms with van der Waals surface area (Å²) in [5.74, 6) is -0.857. The van der Waals surface area contributed by atoms with Crippen molar-refractivity contribution in [2.24, 2.45) is 0 Å². The van der Waals surface area contributed by atoms with E-state index in [2.05, 4.69) is 20.7 Å². The molecule has 152 valence electrons. The maximum atomic E-state index is 12.6. The number of carbonyl (C=O) groups excluding carboxylic acids is 3. The normalized spacial score (nSPS) is 13.6. The molecule has 1 aliphatic rings. The molecule has 7 nitrogen and oxygen atoms in total. The van der Waals surface area contributed by atoms with E-state index in [0.29, 0.717) is 22.5 Å². The van der Waals surface area contributed by atoms with Crippen molar-refractivity contribution in [3.63, 3.8) is 0 Å². The molecule has 3 rings (SSSR count). The minimum atomic E-state index is -0.415. The second kappa shape index (κ2) is 9.73. The fourth-order valence-corrected chi connectivity index (χ4v) is 3.34. The number of rotatable bonds is 7. The SMILES string of the molecule is COC(=O)c1ccc(NCC(=O)Nc2ccccc2C(=O)NC2CCCC2)cc1. The topological polar surface area (TPSA) is 96.5 Å². The fraction of sp³-hybridized carbons (Fsp3) is 0.318. The molecular formula is C22H25N3O4. The van der Waals surface area contributed by atoms with E-state index in [4.69, 9.17) is 0 Å². The summed E-state index contributed by atoms with van der Waals surface area (Å²) in [5.41, 5.74) is 2.07. The van der Waals surface area contributed by atoms with Gasteiger partial charge in [0.05, 0.1) is 30.5 Å². The standard InChI is InChI=1S/C22H25N3O4/c1-29-22(28)15-10-12-16(13-11-15)23-14-20(26)25-19-9-5-4-8-18(19)21(27)24-17-6-2-3-7-17/h4-5,8-13,17,23H,2-3,6-7,14H2,1H3,(H,24,27)(H,25,26). The lowest BCUT2D eigenvalue weighted by Gasteiger charge is -2.15. The fourth-order valence-electron chi connectivity index (χ4n) is 3.34. The molecule has 29 heavy (non-hydrogen) atoms. The van der Waals surface area contributed by atoms with E-state index in [1.54, 1.807) is 48.5 Å². The van der Waals surface area contributed by atoms with Crippen LogP contribution in [0.4, 0.5) is 11.4 Å². The van der Waals surface area contributed by atoms with Crippen LogP contribution in [0.1, 0.15) is 46.4 Å². The number of hydrogen-bond acceptors (Lipinski definition) is 5. The van der Waals surface area contributed by atoms with Gasteiger partial charge >= 0.3 is 5.97 Å². The molecule has 2 amide bonds. The second-order valence-corrected chi connectivity index (χ2v) is 6.97. The van der Waals surface area contributed by atoms with Gasteiger partial charge in [-0.1, -0.05) is 25.0 Å². The Morgan fingerprint density at radius 3 is 2.38 bits per heavy atom. The zero-order valence-electron chi connectivity index (χ0n) is 16.4. The first kappa shape index (κ1) is 20.4. The number of para-hydroxylation sites is 1. The molecule has 0 bridgehead atoms. The summed E-state index contributed by atoms with van der Waals surface area (Å²) in [7, 11) is 1.32. The summed E-state index contributed by atoms with van der Waals surface area (Å²) in [6.07, 6.45) is 4.27. The summed E-state index contributed by atoms with van der Waals surface area (Å²) in [6, 6.07) is 13.8. The van der Waals surface area contributed by atoms with Crippen LogP contribution in [0.3, 0.4) is 0 Å². The molecule has 1 fully saturated rings. The van der Waals surface area contributed by atoms with E-state index in [1.165, 1.54) is 7.11 Å². The van der Waals surface area contributed by atoms with Gasteiger partial charge in [0.15, 0.2) is 0 Å². The van der Waals surface area contributed by atoms with Crippen LogP contribution in [0.15, 0.2) is 48.5 Å². The van der Waals surface area contributed by atoms with Crippen molar-refractivity contribution in [3.8, 4) is 0 Å². The van der Waals surface area contributed by atoms with Gasteiger partial charge in [-0.25, -0.2) is 4.79 Å². The number of carbonyl (C=O) groups is 3. The lowest BCUT2D eigenvalue weighted by molar-refractivity contribution is -0.114. The van der Waals surface area contributed by atoms with Crippen molar-refractivity contribution in [1.29, 1.82) is 0 Å². The van der Waals surface area contributed by atoms with Crippen LogP contribution in [-0.2, 0) is 9.53 Å². The van der Waals surface area contributed by atoms with Gasteiger partial charge < -0.3 is 20.7 Å². The van der Waals surface area contributed by atoms with Crippen LogP contribution in [0, 0.1) is 0 Å². The Bertz CT molecular complexity index is 874. The van der Waals surface area contributed by atoms with Crippen LogP contribution in [-0.4, -0.2) is 37.5 Å². The molecule has 0 heterocycles. The minimum Gasteiger partial charge on any atom is -0.465 e. The highest BCUT2D eigenvalue weighted by atomic mass is 16.5. The number of esters is 1. The van der Waals surface area contributed by atoms with Crippen LogP contribution >= 0.6 is 0 Å². The molecule has 0 unspecified atom stereocenters. The van der Waals surface area contributed by atoms with E-state index in [1.807, 2.05) is 0 Å². The molecule has 2 aromatic carbocycles. The smallest absolute Gasteiger partial charge is 0.337 e. The lowest BCUT2D eigenvalue weighted by Crippen LogP contribution is -2.33. The minimum absolute atomic E-state index is 0.0240. The average molecular weight is 395 g/mol. The van der Waals surface area contributed by atoms with Crippen molar-refractivity contribution in [2.45, 2.75) is 31.7 Å². The number of ether oxygens (including phenoxy) is 1. The third-order valence-corrected chi connectivity index (χ3v) is 4.90. The number of hydrogen-bond donors (Lipinski definition) is 3. The first-order valence-electron chi connectivity index (χ1n) is 9.69. The number of benzene rings is 2. The second-order valence-electron chi connectivity index (χ2n) is 6.97. The van der Waals surface area contributed by atoms with E-state index in [9.17, 15) is 14.4 Å². The Morgan fingerprint density at radius 1 is 1.00 bits per heavy atom. The van der Waals surface area contributed by atoms with E-state index >= 15 is 0 Å². The van der Waals surface area contributed by atoms with Crippen molar-refractivity contribution in [3.05, 3.63) is 59.7 Å². The van der Waals surface area contributed by atoms with Gasteiger partial charge in [-0.3, -0.25) is 9.59 Å². The first-order chi connectivity index (χ1) is 14.1. The third kappa shape index (κ3) is 5.57. The van der Waals surface area contributed by atoms with Crippen molar-refractivity contribution in [2.75, 3.05) is 24.3 Å². The molecule has 0 radical (unpaired) electrons. The molecule has 3 N–H and O–H groups in total. The van der Waals surface area contributed by atoms with Gasteiger partial charge in [0.1, 0.15) is 0 Å². The monoisotopic (exact) mass is 395 g/mol. The number of amides is 2. The zero-order valence-corrected chi connectivity index (χ0v) is 16.4. The Morgan fingerprint density at radius 2 is 1.69 bits per heavy atom. The maximum Gasteiger partial charge on any atom is 0.337 e. The highest BCUT2D eigenvalue weighted by Crippen LogP contribution is 2.20. The summed E-state index contributed by atoms with van der Waals surface area (Å²) >= 11 is 0. The Hall–Kier alpha value is -3.35. The molecule has 2 aromatic rings. The Labute approximate surface area is 169 Å². The molecule has 7 heteroatoms. The highest BCUT2D eigenvalue weighted by Gasteiger charge is 2.20. The first-order valence-corrected chi connectivity index (χ1v) is 9.69. The number of nitrogens with one attached hydrogen (secondary N) is 3. The van der Waals surface area contributed by atoms with Crippen molar-refractivity contribution in [1.82, 2.24) is 5.32 Å². The molecule has 0 aromatic heterocycles. The largest absolute Gasteiger partial charge is 0.465 e. The molecule has 1 aliphatic carbocycles. The van der Waals surface area contributed by atoms with E-state index < -0.39 is 5.97 Å². The predicted octanol–water partition coefficient (Wildman–Crippen LogP) is 3.20. The molecule has 0 saturated heterocycles. The van der Waals surface area contributed by atoms with Crippen molar-refractivity contribution >= 4 is 29.2 Å². The van der Waals surface area contributed by atoms with Gasteiger partial charge in [0.25, 0.3) is 5.91 Å². The summed E-state index contributed by atoms with van der Waals surface area (Å²) in [6.45, 7) is 0.0240. The van der Waals surface area contributed by atoms with Gasteiger partial charge in [0, 0.05) is 11.7 Å². The molecule has 0 aliphatic heterocycles. The summed E-state index contributed by atoms with van der Waals surface area (Å²) < 4.78 is 4.66. The number of methoxy groups -OCH3 is 1. The van der Waals surface area contributed by atoms with Crippen LogP contribution in [0.25, 0.3) is 0 Å². The number of anilines is 2. The average Bonchev–Trinajstić information content (AvgIpc) is 3.25. The van der Waals surface area contributed by atoms with E-state index in [-0.39, 0.29) is 24.4 Å². The maximum absolute atomic E-state index is 12.6. The van der Waals surface area contributed by atoms with Crippen LogP contribution in [0.5, 0.6) is 0 Å². The zero-order chi connectivity index (χ0) is 20.6. The summed E-state index contributed by atoms with van der Waals surface area (Å²) in [4.78, 5) is 36.4. The Balaban J connectivity index is 1.56. The van der Waals surface area contributed by atoms with Gasteiger partial charge in [-0.05, 0) is 49.2 Å². The lowest BCUT2D eigenvalue weighted by atomic mass is 10.1. The quantitative estimate of drug-likeness (QED) is 0.626.